The molecule has 0 amide bonds. The normalized spacial score (nSPS) is 39.6. The van der Waals surface area contributed by atoms with Gasteiger partial charge in [-0.2, -0.15) is 0 Å². The number of nitrogens with two attached hydrogens (primary N) is 3. The van der Waals surface area contributed by atoms with Gasteiger partial charge in [0.1, 0.15) is 77.5 Å². The minimum atomic E-state index is -4.52. The third-order valence-electron chi connectivity index (χ3n) is 11.1. The highest BCUT2D eigenvalue weighted by Gasteiger charge is 2.67. The first kappa shape index (κ1) is 45.8. The van der Waals surface area contributed by atoms with Gasteiger partial charge >= 0.3 is 19.3 Å². The number of H-pyrrole nitrogens is 1. The molecule has 28 heteroatoms. The fourth-order valence-electron chi connectivity index (χ4n) is 7.90. The molecule has 0 aliphatic carbocycles. The summed E-state index contributed by atoms with van der Waals surface area (Å²) in [6.07, 6.45) is -10.0. The molecule has 60 heavy (non-hydrogen) atoms. The zero-order valence-corrected chi connectivity index (χ0v) is 36.3. The Morgan fingerprint density at radius 1 is 1.07 bits per heavy atom. The molecule has 15 atom stereocenters. The molecule has 1 aromatic heterocycles. The number of aromatic nitrogens is 2. The molecule has 8 heterocycles. The average Bonchev–Trinajstić information content (AvgIpc) is 3.84. The Bertz CT molecular complexity index is 2100. The van der Waals surface area contributed by atoms with Crippen molar-refractivity contribution in [2.75, 3.05) is 46.6 Å². The van der Waals surface area contributed by atoms with Crippen molar-refractivity contribution in [2.45, 2.75) is 105 Å². The highest BCUT2D eigenvalue weighted by molar-refractivity contribution is 8.44. The molecule has 6 bridgehead atoms. The Balaban J connectivity index is 1.09. The largest absolute Gasteiger partial charge is 0.390 e. The number of rotatable bonds is 17. The fraction of sp³-hybridized carbons (Fsp3) is 0.750. The first-order chi connectivity index (χ1) is 28.2. The number of aliphatic hydroxyl groups is 2. The Morgan fingerprint density at radius 3 is 2.42 bits per heavy atom. The number of aliphatic hydroxyl groups excluding tert-OH is 2. The van der Waals surface area contributed by atoms with Crippen LogP contribution in [0.15, 0.2) is 37.3 Å². The van der Waals surface area contributed by atoms with E-state index in [-0.39, 0.29) is 49.2 Å². The number of ether oxygens (including phenoxy) is 6. The molecule has 7 saturated heterocycles. The van der Waals surface area contributed by atoms with Crippen LogP contribution in [0.5, 0.6) is 0 Å². The molecule has 336 valence electrons. The van der Waals surface area contributed by atoms with Gasteiger partial charge in [0, 0.05) is 31.8 Å². The van der Waals surface area contributed by atoms with E-state index >= 15 is 0 Å². The molecule has 0 radical (unpaired) electrons. The zero-order valence-electron chi connectivity index (χ0n) is 32.7. The molecule has 0 saturated carbocycles. The van der Waals surface area contributed by atoms with E-state index in [1.54, 1.807) is 7.05 Å². The van der Waals surface area contributed by atoms with Crippen molar-refractivity contribution in [1.29, 1.82) is 0 Å². The number of amidine groups is 1. The van der Waals surface area contributed by atoms with Crippen LogP contribution in [-0.4, -0.2) is 156 Å². The maximum atomic E-state index is 14.2. The molecule has 24 nitrogen and oxygen atoms in total. The van der Waals surface area contributed by atoms with Gasteiger partial charge in [-0.05, 0) is 20.1 Å². The Morgan fingerprint density at radius 2 is 1.73 bits per heavy atom. The number of nitrogens with one attached hydrogen (secondary N) is 1. The van der Waals surface area contributed by atoms with Gasteiger partial charge in [0.05, 0.1) is 39.1 Å². The SMILES string of the molecule is C=NC(=C(/N)N(C)[C@@H]1OC2(COP(=O)(S)OC3C4OC[C@]3(COP(=O)(S)OC3CC(O)C5COC3[C@H](N)O5)O[C@H]4n3cc(C)c(=O)[nH]c3=O)COC1[C@H]2O)/C(N)=N\CCC. The van der Waals surface area contributed by atoms with Crippen molar-refractivity contribution in [2.24, 2.45) is 27.2 Å². The second-order valence-corrected chi connectivity index (χ2v) is 21.0. The average molecular weight is 929 g/mol. The highest BCUT2D eigenvalue weighted by atomic mass is 32.7. The summed E-state index contributed by atoms with van der Waals surface area (Å²) in [7, 11) is 1.56. The molecule has 7 aliphatic rings. The molecule has 1 aromatic rings. The Labute approximate surface area is 353 Å². The third kappa shape index (κ3) is 8.70. The van der Waals surface area contributed by atoms with E-state index in [1.807, 2.05) is 6.92 Å². The van der Waals surface area contributed by atoms with Crippen molar-refractivity contribution >= 4 is 50.6 Å². The summed E-state index contributed by atoms with van der Waals surface area (Å²) in [5.41, 5.74) is 13.9. The van der Waals surface area contributed by atoms with Gasteiger partial charge in [-0.3, -0.25) is 42.4 Å². The third-order valence-corrected chi connectivity index (χ3v) is 14.3. The van der Waals surface area contributed by atoms with Crippen molar-refractivity contribution in [1.82, 2.24) is 14.5 Å². The van der Waals surface area contributed by atoms with Gasteiger partial charge in [0.25, 0.3) is 5.56 Å². The molecule has 9 N–H and O–H groups in total. The second-order valence-electron chi connectivity index (χ2n) is 15.3. The van der Waals surface area contributed by atoms with E-state index < -0.39 is 117 Å². The Kier molecular flexibility index (Phi) is 13.3. The number of hydrogen-bond acceptors (Lipinski definition) is 21. The van der Waals surface area contributed by atoms with Gasteiger partial charge in [0.15, 0.2) is 12.5 Å². The number of thiol groups is 2. The van der Waals surface area contributed by atoms with Crippen molar-refractivity contribution in [3.05, 3.63) is 44.1 Å². The lowest BCUT2D eigenvalue weighted by atomic mass is 10.0. The topological polar surface area (TPSA) is 328 Å². The van der Waals surface area contributed by atoms with E-state index in [4.69, 9.17) is 63.7 Å². The van der Waals surface area contributed by atoms with E-state index in [0.29, 0.717) is 6.54 Å². The van der Waals surface area contributed by atoms with Crippen LogP contribution in [0.4, 0.5) is 0 Å². The molecule has 8 rings (SSSR count). The summed E-state index contributed by atoms with van der Waals surface area (Å²) in [4.78, 5) is 37.0. The number of hydrogen-bond donors (Lipinski definition) is 8. The van der Waals surface area contributed by atoms with E-state index in [2.05, 4.69) is 46.2 Å². The summed E-state index contributed by atoms with van der Waals surface area (Å²) in [5.74, 6) is 0.0869. The van der Waals surface area contributed by atoms with E-state index in [0.717, 1.165) is 11.0 Å². The number of aryl methyl sites for hydroxylation is 1. The first-order valence-corrected chi connectivity index (χ1v) is 24.2. The highest BCUT2D eigenvalue weighted by Crippen LogP contribution is 2.62. The summed E-state index contributed by atoms with van der Waals surface area (Å²) in [6, 6.07) is 0. The van der Waals surface area contributed by atoms with E-state index in [9.17, 15) is 28.9 Å². The van der Waals surface area contributed by atoms with Crippen LogP contribution in [0.25, 0.3) is 0 Å². The van der Waals surface area contributed by atoms with Gasteiger partial charge in [-0.15, -0.1) is 0 Å². The van der Waals surface area contributed by atoms with Gasteiger partial charge < -0.3 is 60.7 Å². The lowest BCUT2D eigenvalue weighted by Crippen LogP contribution is -2.51. The second kappa shape index (κ2) is 17.4. The number of nitrogens with zero attached hydrogens (tertiary/aromatic N) is 4. The molecular formula is C32H50N8O16P2S2. The minimum absolute atomic E-state index is 0.0326. The van der Waals surface area contributed by atoms with Gasteiger partial charge in [0.2, 0.25) is 0 Å². The minimum Gasteiger partial charge on any atom is -0.390 e. The summed E-state index contributed by atoms with van der Waals surface area (Å²) < 4.78 is 88.0. The van der Waals surface area contributed by atoms with Gasteiger partial charge in [-0.1, -0.05) is 31.4 Å². The molecule has 7 fully saturated rings. The van der Waals surface area contributed by atoms with Crippen LogP contribution in [0.3, 0.4) is 0 Å². The van der Waals surface area contributed by atoms with Crippen molar-refractivity contribution in [3.8, 4) is 0 Å². The van der Waals surface area contributed by atoms with Crippen molar-refractivity contribution in [3.63, 3.8) is 0 Å². The van der Waals surface area contributed by atoms with Crippen LogP contribution >= 0.6 is 38.1 Å². The van der Waals surface area contributed by atoms with Gasteiger partial charge in [-0.25, -0.2) is 13.9 Å². The number of aromatic amines is 1. The molecule has 10 unspecified atom stereocenters. The predicted octanol–water partition coefficient (Wildman–Crippen LogP) is -1.39. The van der Waals surface area contributed by atoms with Crippen LogP contribution in [0, 0.1) is 6.92 Å². The molecule has 7 aliphatic heterocycles. The fourth-order valence-corrected chi connectivity index (χ4v) is 10.9. The smallest absolute Gasteiger partial charge is 0.386 e. The zero-order chi connectivity index (χ0) is 43.5. The molecule has 0 aromatic carbocycles. The van der Waals surface area contributed by atoms with Crippen LogP contribution < -0.4 is 28.5 Å². The molecule has 0 spiro atoms. The number of fused-ring (bicyclic) bond motifs is 8. The van der Waals surface area contributed by atoms with Crippen LogP contribution in [0.2, 0.25) is 0 Å². The lowest BCUT2D eigenvalue weighted by molar-refractivity contribution is -0.197. The number of likely N-dealkylation sites (N-methyl/N-ethyl adjacent to an activating group) is 1. The molecular weight excluding hydrogens is 878 g/mol. The quantitative estimate of drug-likeness (QED) is 0.0386. The summed E-state index contributed by atoms with van der Waals surface area (Å²) in [6.45, 7) is -3.21. The van der Waals surface area contributed by atoms with Crippen LogP contribution in [0.1, 0.15) is 31.6 Å². The summed E-state index contributed by atoms with van der Waals surface area (Å²) in [5, 5.41) is 21.9. The van der Waals surface area contributed by atoms with Crippen LogP contribution in [-0.2, 0) is 55.6 Å². The summed E-state index contributed by atoms with van der Waals surface area (Å²) >= 11 is 8.41. The maximum absolute atomic E-state index is 14.2. The van der Waals surface area contributed by atoms with Crippen molar-refractivity contribution < 1.29 is 65.9 Å². The predicted molar refractivity (Wildman–Crippen MR) is 215 cm³/mol. The lowest BCUT2D eigenvalue weighted by Gasteiger charge is -2.36. The van der Waals surface area contributed by atoms with E-state index in [1.165, 1.54) is 18.0 Å². The first-order valence-electron chi connectivity index (χ1n) is 18.8. The maximum Gasteiger partial charge on any atom is 0.386 e. The standard InChI is InChI=1S/C32H50N8O16P2S2/c1-5-6-37-24(33)18(36-3)25(34)39(4)28-20-22(42)31(53-28,10-48-20)12-50-58(46,60)56-23-21-29(40-8-14(2)27(43)38-30(40)44)54-32(23,11-49-21)13-51-57(45,59)55-16-7-15(41)17-9-47-19(16)26(35)52-17/h8,15-17,19-23,26,28-29,41-42H,3,5-7,9-13,34-35H2,1-2,4H3,(H2,33,37)(H,45,59)(H,46,60)(H,38,43,44)/b25-18-/t15?,16?,17?,19?,20?,21?,22-,23?,26-,28-,29-,31?,32-,57?,58?/m1/s1. The number of aliphatic imine (C=N–C) groups is 2. The Hall–Kier alpha value is -2.20. The monoisotopic (exact) mass is 928 g/mol.